The van der Waals surface area contributed by atoms with Crippen molar-refractivity contribution in [2.45, 2.75) is 50.9 Å². The van der Waals surface area contributed by atoms with Gasteiger partial charge in [0.1, 0.15) is 17.6 Å². The van der Waals surface area contributed by atoms with Gasteiger partial charge in [0, 0.05) is 18.3 Å². The standard InChI is InChI=1S/C22H25F3N2O4/c1-2-29-17-8-10-18(11-9-17)30-14-20(28)27-16-4-6-19(7-5-16)31-21-12-3-15(13-26-21)22(23,24)25/h3,8-13,16,19H,2,4-7,14H2,1H3,(H,27,28). The zero-order valence-corrected chi connectivity index (χ0v) is 17.2. The molecular weight excluding hydrogens is 413 g/mol. The molecule has 2 aromatic rings. The Bertz CT molecular complexity index is 833. The minimum atomic E-state index is -4.42. The largest absolute Gasteiger partial charge is 0.494 e. The molecule has 0 atom stereocenters. The van der Waals surface area contributed by atoms with E-state index in [0.29, 0.717) is 38.0 Å². The van der Waals surface area contributed by atoms with Crippen LogP contribution < -0.4 is 19.5 Å². The zero-order chi connectivity index (χ0) is 22.3. The molecule has 168 valence electrons. The summed E-state index contributed by atoms with van der Waals surface area (Å²) in [6.07, 6.45) is -1.03. The Morgan fingerprint density at radius 2 is 1.68 bits per heavy atom. The van der Waals surface area contributed by atoms with E-state index >= 15 is 0 Å². The quantitative estimate of drug-likeness (QED) is 0.662. The minimum absolute atomic E-state index is 0.0110. The number of nitrogens with one attached hydrogen (secondary N) is 1. The number of ether oxygens (including phenoxy) is 3. The van der Waals surface area contributed by atoms with E-state index in [1.807, 2.05) is 6.92 Å². The van der Waals surface area contributed by atoms with Crippen LogP contribution >= 0.6 is 0 Å². The summed E-state index contributed by atoms with van der Waals surface area (Å²) in [5, 5.41) is 2.94. The van der Waals surface area contributed by atoms with E-state index in [1.54, 1.807) is 24.3 Å². The molecule has 9 heteroatoms. The molecule has 6 nitrogen and oxygen atoms in total. The van der Waals surface area contributed by atoms with Crippen molar-refractivity contribution in [3.63, 3.8) is 0 Å². The number of nitrogens with zero attached hydrogens (tertiary/aromatic N) is 1. The summed E-state index contributed by atoms with van der Waals surface area (Å²) in [6, 6.07) is 9.25. The highest BCUT2D eigenvalue weighted by Crippen LogP contribution is 2.30. The average Bonchev–Trinajstić information content (AvgIpc) is 2.75. The number of carbonyl (C=O) groups is 1. The van der Waals surface area contributed by atoms with Gasteiger partial charge in [0.05, 0.1) is 12.2 Å². The Labute approximate surface area is 178 Å². The molecule has 3 rings (SSSR count). The smallest absolute Gasteiger partial charge is 0.417 e. The molecule has 1 fully saturated rings. The van der Waals surface area contributed by atoms with Gasteiger partial charge in [-0.15, -0.1) is 0 Å². The normalized spacial score (nSPS) is 18.8. The predicted octanol–water partition coefficient (Wildman–Crippen LogP) is 4.38. The number of benzene rings is 1. The Hall–Kier alpha value is -2.97. The van der Waals surface area contributed by atoms with Crippen LogP contribution in [0.3, 0.4) is 0 Å². The van der Waals surface area contributed by atoms with Gasteiger partial charge in [-0.05, 0) is 62.9 Å². The molecule has 31 heavy (non-hydrogen) atoms. The molecule has 1 aromatic carbocycles. The lowest BCUT2D eigenvalue weighted by Crippen LogP contribution is -2.41. The van der Waals surface area contributed by atoms with Crippen LogP contribution in [0.15, 0.2) is 42.6 Å². The van der Waals surface area contributed by atoms with Gasteiger partial charge in [-0.1, -0.05) is 0 Å². The van der Waals surface area contributed by atoms with Crippen LogP contribution in [0.2, 0.25) is 0 Å². The Balaban J connectivity index is 1.37. The number of carbonyl (C=O) groups excluding carboxylic acids is 1. The number of halogens is 3. The van der Waals surface area contributed by atoms with Gasteiger partial charge in [0.15, 0.2) is 6.61 Å². The van der Waals surface area contributed by atoms with E-state index in [-0.39, 0.29) is 30.5 Å². The molecule has 1 saturated carbocycles. The molecule has 0 unspecified atom stereocenters. The van der Waals surface area contributed by atoms with Crippen LogP contribution in [-0.2, 0) is 11.0 Å². The van der Waals surface area contributed by atoms with Gasteiger partial charge < -0.3 is 19.5 Å². The first-order chi connectivity index (χ1) is 14.8. The fourth-order valence-corrected chi connectivity index (χ4v) is 3.33. The molecule has 0 bridgehead atoms. The van der Waals surface area contributed by atoms with Crippen molar-refractivity contribution in [1.29, 1.82) is 0 Å². The van der Waals surface area contributed by atoms with Crippen molar-refractivity contribution in [1.82, 2.24) is 10.3 Å². The molecule has 1 aliphatic rings. The van der Waals surface area contributed by atoms with Gasteiger partial charge in [-0.3, -0.25) is 4.79 Å². The third-order valence-electron chi connectivity index (χ3n) is 4.90. The monoisotopic (exact) mass is 438 g/mol. The summed E-state index contributed by atoms with van der Waals surface area (Å²) in [6.45, 7) is 2.40. The number of aromatic nitrogens is 1. The van der Waals surface area contributed by atoms with Crippen LogP contribution in [0.4, 0.5) is 13.2 Å². The summed E-state index contributed by atoms with van der Waals surface area (Å²) in [5.41, 5.74) is -0.807. The van der Waals surface area contributed by atoms with Gasteiger partial charge in [-0.25, -0.2) is 4.98 Å². The van der Waals surface area contributed by atoms with Crippen molar-refractivity contribution >= 4 is 5.91 Å². The number of amides is 1. The highest BCUT2D eigenvalue weighted by molar-refractivity contribution is 5.77. The lowest BCUT2D eigenvalue weighted by molar-refractivity contribution is -0.137. The van der Waals surface area contributed by atoms with E-state index < -0.39 is 11.7 Å². The fraction of sp³-hybridized carbons (Fsp3) is 0.455. The highest BCUT2D eigenvalue weighted by Gasteiger charge is 2.31. The first kappa shape index (κ1) is 22.7. The van der Waals surface area contributed by atoms with Gasteiger partial charge in [0.25, 0.3) is 5.91 Å². The fourth-order valence-electron chi connectivity index (χ4n) is 3.33. The number of alkyl halides is 3. The zero-order valence-electron chi connectivity index (χ0n) is 17.2. The molecule has 0 saturated heterocycles. The number of hydrogen-bond donors (Lipinski definition) is 1. The van der Waals surface area contributed by atoms with Crippen molar-refractivity contribution < 1.29 is 32.2 Å². The summed E-state index contributed by atoms with van der Waals surface area (Å²) >= 11 is 0. The second kappa shape index (κ2) is 10.4. The number of rotatable bonds is 8. The van der Waals surface area contributed by atoms with E-state index in [4.69, 9.17) is 14.2 Å². The van der Waals surface area contributed by atoms with Crippen LogP contribution in [0.5, 0.6) is 17.4 Å². The van der Waals surface area contributed by atoms with Gasteiger partial charge in [0.2, 0.25) is 5.88 Å². The summed E-state index contributed by atoms with van der Waals surface area (Å²) in [4.78, 5) is 15.9. The van der Waals surface area contributed by atoms with Crippen LogP contribution in [0, 0.1) is 0 Å². The van der Waals surface area contributed by atoms with Crippen LogP contribution in [0.25, 0.3) is 0 Å². The topological polar surface area (TPSA) is 69.7 Å². The first-order valence-corrected chi connectivity index (χ1v) is 10.2. The molecule has 0 radical (unpaired) electrons. The summed E-state index contributed by atoms with van der Waals surface area (Å²) in [5.74, 6) is 1.29. The van der Waals surface area contributed by atoms with Crippen LogP contribution in [-0.4, -0.2) is 36.3 Å². The van der Waals surface area contributed by atoms with Crippen molar-refractivity contribution in [3.8, 4) is 17.4 Å². The van der Waals surface area contributed by atoms with E-state index in [9.17, 15) is 18.0 Å². The third-order valence-corrected chi connectivity index (χ3v) is 4.90. The van der Waals surface area contributed by atoms with Gasteiger partial charge in [-0.2, -0.15) is 13.2 Å². The second-order valence-corrected chi connectivity index (χ2v) is 7.23. The molecular formula is C22H25F3N2O4. The molecule has 1 aromatic heterocycles. The number of pyridine rings is 1. The highest BCUT2D eigenvalue weighted by atomic mass is 19.4. The minimum Gasteiger partial charge on any atom is -0.494 e. The lowest BCUT2D eigenvalue weighted by atomic mass is 9.93. The van der Waals surface area contributed by atoms with Crippen LogP contribution in [0.1, 0.15) is 38.2 Å². The van der Waals surface area contributed by atoms with Crippen molar-refractivity contribution in [2.24, 2.45) is 0 Å². The van der Waals surface area contributed by atoms with Crippen molar-refractivity contribution in [2.75, 3.05) is 13.2 Å². The van der Waals surface area contributed by atoms with E-state index in [1.165, 1.54) is 6.07 Å². The number of hydrogen-bond acceptors (Lipinski definition) is 5. The molecule has 0 aliphatic heterocycles. The molecule has 1 heterocycles. The van der Waals surface area contributed by atoms with E-state index in [0.717, 1.165) is 18.0 Å². The predicted molar refractivity (Wildman–Crippen MR) is 107 cm³/mol. The van der Waals surface area contributed by atoms with E-state index in [2.05, 4.69) is 10.3 Å². The average molecular weight is 438 g/mol. The second-order valence-electron chi connectivity index (χ2n) is 7.23. The molecule has 1 aliphatic carbocycles. The maximum atomic E-state index is 12.6. The van der Waals surface area contributed by atoms with Crippen molar-refractivity contribution in [3.05, 3.63) is 48.2 Å². The molecule has 1 amide bonds. The molecule has 0 spiro atoms. The Morgan fingerprint density at radius 3 is 2.23 bits per heavy atom. The lowest BCUT2D eigenvalue weighted by Gasteiger charge is -2.29. The Kier molecular flexibility index (Phi) is 7.59. The first-order valence-electron chi connectivity index (χ1n) is 10.2. The Morgan fingerprint density at radius 1 is 1.03 bits per heavy atom. The molecule has 1 N–H and O–H groups in total. The van der Waals surface area contributed by atoms with Gasteiger partial charge >= 0.3 is 6.18 Å². The SMILES string of the molecule is CCOc1ccc(OCC(=O)NC2CCC(Oc3ccc(C(F)(F)F)cn3)CC2)cc1. The summed E-state index contributed by atoms with van der Waals surface area (Å²) in [7, 11) is 0. The third kappa shape index (κ3) is 7.04. The maximum absolute atomic E-state index is 12.6. The maximum Gasteiger partial charge on any atom is 0.417 e. The summed E-state index contributed by atoms with van der Waals surface area (Å²) < 4.78 is 54.3.